The Bertz CT molecular complexity index is 827. The third-order valence-electron chi connectivity index (χ3n) is 6.52. The predicted molar refractivity (Wildman–Crippen MR) is 133 cm³/mol. The zero-order valence-corrected chi connectivity index (χ0v) is 20.2. The van der Waals surface area contributed by atoms with E-state index < -0.39 is 6.04 Å². The van der Waals surface area contributed by atoms with E-state index in [1.54, 1.807) is 0 Å². The molecule has 0 bridgehead atoms. The van der Waals surface area contributed by atoms with Gasteiger partial charge >= 0.3 is 6.03 Å². The fourth-order valence-corrected chi connectivity index (χ4v) is 4.35. The van der Waals surface area contributed by atoms with Gasteiger partial charge in [-0.15, -0.1) is 0 Å². The second kappa shape index (κ2) is 12.4. The quantitative estimate of drug-likeness (QED) is 0.606. The maximum absolute atomic E-state index is 13.0. The minimum Gasteiger partial charge on any atom is -0.354 e. The molecule has 2 atom stereocenters. The Morgan fingerprint density at radius 1 is 0.879 bits per heavy atom. The number of amides is 3. The molecular formula is C27H38N4O2. The van der Waals surface area contributed by atoms with Gasteiger partial charge in [-0.1, -0.05) is 87.9 Å². The third-order valence-corrected chi connectivity index (χ3v) is 6.52. The van der Waals surface area contributed by atoms with E-state index in [4.69, 9.17) is 0 Å². The van der Waals surface area contributed by atoms with Gasteiger partial charge in [0.05, 0.1) is 6.04 Å². The van der Waals surface area contributed by atoms with E-state index in [1.807, 2.05) is 37.8 Å². The molecule has 33 heavy (non-hydrogen) atoms. The smallest absolute Gasteiger partial charge is 0.318 e. The first-order valence-corrected chi connectivity index (χ1v) is 12.2. The number of carbonyl (C=O) groups is 2. The molecule has 0 unspecified atom stereocenters. The standard InChI is InChI=1S/C27H38N4O2/c1-4-16-28-26(32)24(21(3)5-2)29-27(33)31-19-17-30(18-20-31)25(22-12-8-6-9-13-22)23-14-10-7-11-15-23/h6-15,21,24-25H,4-5,16-20H2,1-3H3,(H,28,32)(H,29,33)/t21-,24-/m0/s1. The van der Waals surface area contributed by atoms with Crippen molar-refractivity contribution in [3.05, 3.63) is 71.8 Å². The molecule has 178 valence electrons. The number of hydrogen-bond donors (Lipinski definition) is 2. The van der Waals surface area contributed by atoms with Gasteiger partial charge in [0.1, 0.15) is 6.04 Å². The largest absolute Gasteiger partial charge is 0.354 e. The van der Waals surface area contributed by atoms with Crippen LogP contribution in [-0.2, 0) is 4.79 Å². The summed E-state index contributed by atoms with van der Waals surface area (Å²) in [4.78, 5) is 29.9. The van der Waals surface area contributed by atoms with Crippen molar-refractivity contribution in [2.24, 2.45) is 5.92 Å². The Hall–Kier alpha value is -2.86. The van der Waals surface area contributed by atoms with Gasteiger partial charge in [0.15, 0.2) is 0 Å². The number of benzene rings is 2. The molecular weight excluding hydrogens is 412 g/mol. The summed E-state index contributed by atoms with van der Waals surface area (Å²) in [5, 5.41) is 5.94. The fourth-order valence-electron chi connectivity index (χ4n) is 4.35. The zero-order chi connectivity index (χ0) is 23.6. The zero-order valence-electron chi connectivity index (χ0n) is 20.2. The molecule has 1 heterocycles. The Morgan fingerprint density at radius 3 is 1.91 bits per heavy atom. The summed E-state index contributed by atoms with van der Waals surface area (Å²) in [5.41, 5.74) is 2.51. The first kappa shape index (κ1) is 24.8. The number of piperazine rings is 1. The highest BCUT2D eigenvalue weighted by Crippen LogP contribution is 2.29. The van der Waals surface area contributed by atoms with Gasteiger partial charge in [-0.2, -0.15) is 0 Å². The molecule has 1 fully saturated rings. The van der Waals surface area contributed by atoms with E-state index in [2.05, 4.69) is 64.1 Å². The van der Waals surface area contributed by atoms with Crippen molar-refractivity contribution < 1.29 is 9.59 Å². The average molecular weight is 451 g/mol. The Morgan fingerprint density at radius 2 is 1.42 bits per heavy atom. The van der Waals surface area contributed by atoms with Crippen molar-refractivity contribution in [1.29, 1.82) is 0 Å². The van der Waals surface area contributed by atoms with Crippen LogP contribution in [-0.4, -0.2) is 60.5 Å². The van der Waals surface area contributed by atoms with Gasteiger partial charge in [0.25, 0.3) is 0 Å². The number of nitrogens with one attached hydrogen (secondary N) is 2. The molecule has 1 aliphatic heterocycles. The Balaban J connectivity index is 1.66. The molecule has 3 amide bonds. The molecule has 2 N–H and O–H groups in total. The van der Waals surface area contributed by atoms with Crippen molar-refractivity contribution >= 4 is 11.9 Å². The topological polar surface area (TPSA) is 64.7 Å². The molecule has 2 aromatic rings. The number of nitrogens with zero attached hydrogens (tertiary/aromatic N) is 2. The van der Waals surface area contributed by atoms with E-state index >= 15 is 0 Å². The van der Waals surface area contributed by atoms with Crippen LogP contribution in [0.25, 0.3) is 0 Å². The van der Waals surface area contributed by atoms with E-state index in [0.29, 0.717) is 19.6 Å². The van der Waals surface area contributed by atoms with E-state index in [0.717, 1.165) is 25.9 Å². The summed E-state index contributed by atoms with van der Waals surface area (Å²) < 4.78 is 0. The van der Waals surface area contributed by atoms with Gasteiger partial charge in [-0.05, 0) is 23.5 Å². The minimum absolute atomic E-state index is 0.0765. The van der Waals surface area contributed by atoms with Crippen LogP contribution in [0.1, 0.15) is 50.8 Å². The van der Waals surface area contributed by atoms with Crippen molar-refractivity contribution in [3.63, 3.8) is 0 Å². The molecule has 0 aromatic heterocycles. The van der Waals surface area contributed by atoms with Gasteiger partial charge in [-0.25, -0.2) is 4.79 Å². The predicted octanol–water partition coefficient (Wildman–Crippen LogP) is 4.04. The molecule has 0 radical (unpaired) electrons. The summed E-state index contributed by atoms with van der Waals surface area (Å²) in [7, 11) is 0. The first-order chi connectivity index (χ1) is 16.0. The SMILES string of the molecule is CCCNC(=O)[C@@H](NC(=O)N1CCN(C(c2ccccc2)c2ccccc2)CC1)[C@@H](C)CC. The molecule has 6 heteroatoms. The normalized spacial score (nSPS) is 16.3. The fraction of sp³-hybridized carbons (Fsp3) is 0.481. The second-order valence-corrected chi connectivity index (χ2v) is 8.85. The maximum atomic E-state index is 13.0. The van der Waals surface area contributed by atoms with Crippen LogP contribution in [0.4, 0.5) is 4.79 Å². The van der Waals surface area contributed by atoms with Crippen LogP contribution in [0.3, 0.4) is 0 Å². The van der Waals surface area contributed by atoms with Crippen LogP contribution in [0.2, 0.25) is 0 Å². The van der Waals surface area contributed by atoms with Crippen molar-refractivity contribution in [2.75, 3.05) is 32.7 Å². The first-order valence-electron chi connectivity index (χ1n) is 12.2. The lowest BCUT2D eigenvalue weighted by atomic mass is 9.96. The molecule has 2 aromatic carbocycles. The summed E-state index contributed by atoms with van der Waals surface area (Å²) in [5.74, 6) is -0.0148. The minimum atomic E-state index is -0.506. The highest BCUT2D eigenvalue weighted by Gasteiger charge is 2.31. The number of hydrogen-bond acceptors (Lipinski definition) is 3. The van der Waals surface area contributed by atoms with Crippen molar-refractivity contribution in [3.8, 4) is 0 Å². The van der Waals surface area contributed by atoms with Gasteiger partial charge in [0, 0.05) is 32.7 Å². The molecule has 1 aliphatic rings. The van der Waals surface area contributed by atoms with Crippen LogP contribution < -0.4 is 10.6 Å². The van der Waals surface area contributed by atoms with Crippen LogP contribution in [0, 0.1) is 5.92 Å². The van der Waals surface area contributed by atoms with Crippen molar-refractivity contribution in [1.82, 2.24) is 20.4 Å². The molecule has 0 saturated carbocycles. The lowest BCUT2D eigenvalue weighted by Gasteiger charge is -2.40. The van der Waals surface area contributed by atoms with Gasteiger partial charge in [0.2, 0.25) is 5.91 Å². The monoisotopic (exact) mass is 450 g/mol. The van der Waals surface area contributed by atoms with E-state index in [-0.39, 0.29) is 23.9 Å². The Labute approximate surface area is 198 Å². The summed E-state index contributed by atoms with van der Waals surface area (Å²) in [6, 6.07) is 20.6. The maximum Gasteiger partial charge on any atom is 0.318 e. The van der Waals surface area contributed by atoms with Crippen LogP contribution in [0.15, 0.2) is 60.7 Å². The van der Waals surface area contributed by atoms with E-state index in [9.17, 15) is 9.59 Å². The molecule has 1 saturated heterocycles. The lowest BCUT2D eigenvalue weighted by molar-refractivity contribution is -0.124. The van der Waals surface area contributed by atoms with Crippen molar-refractivity contribution in [2.45, 2.75) is 45.7 Å². The molecule has 6 nitrogen and oxygen atoms in total. The second-order valence-electron chi connectivity index (χ2n) is 8.85. The highest BCUT2D eigenvalue weighted by molar-refractivity contribution is 5.87. The average Bonchev–Trinajstić information content (AvgIpc) is 2.87. The molecule has 3 rings (SSSR count). The molecule has 0 aliphatic carbocycles. The number of carbonyl (C=O) groups excluding carboxylic acids is 2. The summed E-state index contributed by atoms with van der Waals surface area (Å²) >= 11 is 0. The van der Waals surface area contributed by atoms with Crippen LogP contribution >= 0.6 is 0 Å². The Kier molecular flexibility index (Phi) is 9.31. The third kappa shape index (κ3) is 6.57. The van der Waals surface area contributed by atoms with Gasteiger partial charge in [-0.3, -0.25) is 9.69 Å². The van der Waals surface area contributed by atoms with Crippen LogP contribution in [0.5, 0.6) is 0 Å². The molecule has 0 spiro atoms. The number of urea groups is 1. The number of rotatable bonds is 9. The lowest BCUT2D eigenvalue weighted by Crippen LogP contribution is -2.57. The van der Waals surface area contributed by atoms with Gasteiger partial charge < -0.3 is 15.5 Å². The highest BCUT2D eigenvalue weighted by atomic mass is 16.2. The summed E-state index contributed by atoms with van der Waals surface area (Å²) in [6.07, 6.45) is 1.70. The van der Waals surface area contributed by atoms with E-state index in [1.165, 1.54) is 11.1 Å². The summed E-state index contributed by atoms with van der Waals surface area (Å²) in [6.45, 7) is 9.52.